The van der Waals surface area contributed by atoms with Gasteiger partial charge < -0.3 is 15.2 Å². The Kier molecular flexibility index (Phi) is 4.82. The minimum atomic E-state index is -0.947. The maximum Gasteiger partial charge on any atom is 0.337 e. The summed E-state index contributed by atoms with van der Waals surface area (Å²) in [6.07, 6.45) is 1.92. The van der Waals surface area contributed by atoms with Gasteiger partial charge in [-0.1, -0.05) is 13.8 Å². The molecule has 0 fully saturated rings. The molecule has 0 aliphatic heterocycles. The predicted molar refractivity (Wildman–Crippen MR) is 67.9 cm³/mol. The van der Waals surface area contributed by atoms with E-state index < -0.39 is 5.97 Å². The first-order valence-electron chi connectivity index (χ1n) is 5.80. The van der Waals surface area contributed by atoms with Crippen molar-refractivity contribution in [2.75, 3.05) is 12.4 Å². The summed E-state index contributed by atoms with van der Waals surface area (Å²) >= 11 is 0. The highest BCUT2D eigenvalue weighted by molar-refractivity contribution is 5.94. The van der Waals surface area contributed by atoms with Gasteiger partial charge in [0.2, 0.25) is 0 Å². The predicted octanol–water partition coefficient (Wildman–Crippen LogP) is 2.99. The van der Waals surface area contributed by atoms with Crippen LogP contribution in [0.3, 0.4) is 0 Å². The van der Waals surface area contributed by atoms with Crippen LogP contribution in [0.5, 0.6) is 5.75 Å². The fraction of sp³-hybridized carbons (Fsp3) is 0.462. The molecule has 17 heavy (non-hydrogen) atoms. The van der Waals surface area contributed by atoms with Crippen molar-refractivity contribution in [3.63, 3.8) is 0 Å². The van der Waals surface area contributed by atoms with Crippen LogP contribution in [-0.2, 0) is 0 Å². The van der Waals surface area contributed by atoms with E-state index in [0.717, 1.165) is 12.8 Å². The molecule has 0 saturated carbocycles. The van der Waals surface area contributed by atoms with Gasteiger partial charge in [0.15, 0.2) is 0 Å². The monoisotopic (exact) mass is 237 g/mol. The number of aromatic carboxylic acids is 1. The van der Waals surface area contributed by atoms with E-state index in [9.17, 15) is 4.79 Å². The number of ether oxygens (including phenoxy) is 1. The summed E-state index contributed by atoms with van der Waals surface area (Å²) in [7, 11) is 1.52. The minimum absolute atomic E-state index is 0.247. The van der Waals surface area contributed by atoms with Gasteiger partial charge in [-0.05, 0) is 31.0 Å². The Morgan fingerprint density at radius 2 is 2.06 bits per heavy atom. The highest BCUT2D eigenvalue weighted by Gasteiger charge is 2.13. The van der Waals surface area contributed by atoms with E-state index in [1.807, 2.05) is 0 Å². The second-order valence-electron chi connectivity index (χ2n) is 3.87. The highest BCUT2D eigenvalue weighted by atomic mass is 16.5. The molecule has 1 aromatic rings. The van der Waals surface area contributed by atoms with Gasteiger partial charge in [-0.3, -0.25) is 0 Å². The van der Waals surface area contributed by atoms with E-state index in [1.54, 1.807) is 12.1 Å². The fourth-order valence-electron chi connectivity index (χ4n) is 1.67. The molecule has 0 atom stereocenters. The molecule has 1 rings (SSSR count). The zero-order valence-corrected chi connectivity index (χ0v) is 10.5. The number of anilines is 1. The van der Waals surface area contributed by atoms with E-state index in [4.69, 9.17) is 9.84 Å². The number of rotatable bonds is 6. The SMILES string of the molecule is CCC(CC)Nc1ccc(OC)cc1C(=O)O. The number of carbonyl (C=O) groups is 1. The molecular weight excluding hydrogens is 218 g/mol. The van der Waals surface area contributed by atoms with Crippen LogP contribution in [0.15, 0.2) is 18.2 Å². The Morgan fingerprint density at radius 3 is 2.53 bits per heavy atom. The average molecular weight is 237 g/mol. The van der Waals surface area contributed by atoms with Crippen molar-refractivity contribution in [1.29, 1.82) is 0 Å². The third-order valence-corrected chi connectivity index (χ3v) is 2.80. The first kappa shape index (κ1) is 13.4. The molecule has 0 spiro atoms. The number of carboxylic acid groups (broad SMARTS) is 1. The van der Waals surface area contributed by atoms with Crippen molar-refractivity contribution in [2.45, 2.75) is 32.7 Å². The van der Waals surface area contributed by atoms with Crippen molar-refractivity contribution < 1.29 is 14.6 Å². The number of hydrogen-bond donors (Lipinski definition) is 2. The van der Waals surface area contributed by atoms with Crippen LogP contribution >= 0.6 is 0 Å². The van der Waals surface area contributed by atoms with E-state index in [2.05, 4.69) is 19.2 Å². The summed E-state index contributed by atoms with van der Waals surface area (Å²) in [5.41, 5.74) is 0.892. The van der Waals surface area contributed by atoms with E-state index >= 15 is 0 Å². The maximum absolute atomic E-state index is 11.2. The van der Waals surface area contributed by atoms with Crippen molar-refractivity contribution >= 4 is 11.7 Å². The Hall–Kier alpha value is -1.71. The molecule has 0 aromatic heterocycles. The fourth-order valence-corrected chi connectivity index (χ4v) is 1.67. The first-order chi connectivity index (χ1) is 8.12. The molecule has 0 saturated heterocycles. The van der Waals surface area contributed by atoms with Gasteiger partial charge in [-0.15, -0.1) is 0 Å². The lowest BCUT2D eigenvalue weighted by Gasteiger charge is -2.18. The standard InChI is InChI=1S/C13H19NO3/c1-4-9(5-2)14-12-7-6-10(17-3)8-11(12)13(15)16/h6-9,14H,4-5H2,1-3H3,(H,15,16). The number of methoxy groups -OCH3 is 1. The average Bonchev–Trinajstić information content (AvgIpc) is 2.35. The van der Waals surface area contributed by atoms with Gasteiger partial charge in [0.05, 0.1) is 12.7 Å². The molecule has 1 aromatic carbocycles. The van der Waals surface area contributed by atoms with Gasteiger partial charge in [0, 0.05) is 11.7 Å². The molecule has 0 aliphatic rings. The molecule has 4 nitrogen and oxygen atoms in total. The van der Waals surface area contributed by atoms with Crippen molar-refractivity contribution in [2.24, 2.45) is 0 Å². The summed E-state index contributed by atoms with van der Waals surface area (Å²) in [4.78, 5) is 11.2. The molecule has 0 amide bonds. The smallest absolute Gasteiger partial charge is 0.337 e. The third-order valence-electron chi connectivity index (χ3n) is 2.80. The Morgan fingerprint density at radius 1 is 1.41 bits per heavy atom. The molecule has 94 valence electrons. The third kappa shape index (κ3) is 3.37. The number of benzene rings is 1. The van der Waals surface area contributed by atoms with Gasteiger partial charge in [-0.25, -0.2) is 4.79 Å². The number of hydrogen-bond acceptors (Lipinski definition) is 3. The molecule has 2 N–H and O–H groups in total. The lowest BCUT2D eigenvalue weighted by molar-refractivity contribution is 0.0697. The van der Waals surface area contributed by atoms with E-state index in [1.165, 1.54) is 13.2 Å². The zero-order chi connectivity index (χ0) is 12.8. The van der Waals surface area contributed by atoms with Crippen molar-refractivity contribution in [1.82, 2.24) is 0 Å². The largest absolute Gasteiger partial charge is 0.497 e. The van der Waals surface area contributed by atoms with Crippen LogP contribution in [0, 0.1) is 0 Å². The Bertz CT molecular complexity index is 386. The summed E-state index contributed by atoms with van der Waals surface area (Å²) in [5, 5.41) is 12.4. The molecule has 0 unspecified atom stereocenters. The highest BCUT2D eigenvalue weighted by Crippen LogP contribution is 2.23. The number of carboxylic acids is 1. The van der Waals surface area contributed by atoms with Gasteiger partial charge in [0.1, 0.15) is 5.75 Å². The quantitative estimate of drug-likeness (QED) is 0.798. The first-order valence-corrected chi connectivity index (χ1v) is 5.80. The minimum Gasteiger partial charge on any atom is -0.497 e. The van der Waals surface area contributed by atoms with Crippen molar-refractivity contribution in [3.05, 3.63) is 23.8 Å². The van der Waals surface area contributed by atoms with Gasteiger partial charge >= 0.3 is 5.97 Å². The van der Waals surface area contributed by atoms with E-state index in [0.29, 0.717) is 17.5 Å². The van der Waals surface area contributed by atoms with Crippen LogP contribution in [0.2, 0.25) is 0 Å². The van der Waals surface area contributed by atoms with E-state index in [-0.39, 0.29) is 5.56 Å². The zero-order valence-electron chi connectivity index (χ0n) is 10.5. The second kappa shape index (κ2) is 6.13. The van der Waals surface area contributed by atoms with Crippen LogP contribution in [-0.4, -0.2) is 24.2 Å². The molecule has 4 heteroatoms. The maximum atomic E-state index is 11.2. The molecule has 0 aliphatic carbocycles. The normalized spacial score (nSPS) is 10.4. The van der Waals surface area contributed by atoms with Crippen LogP contribution < -0.4 is 10.1 Å². The molecule has 0 radical (unpaired) electrons. The van der Waals surface area contributed by atoms with Crippen LogP contribution in [0.1, 0.15) is 37.0 Å². The summed E-state index contributed by atoms with van der Waals surface area (Å²) in [5.74, 6) is -0.394. The van der Waals surface area contributed by atoms with Crippen LogP contribution in [0.25, 0.3) is 0 Å². The van der Waals surface area contributed by atoms with Gasteiger partial charge in [-0.2, -0.15) is 0 Å². The molecule has 0 bridgehead atoms. The lowest BCUT2D eigenvalue weighted by atomic mass is 10.1. The molecular formula is C13H19NO3. The summed E-state index contributed by atoms with van der Waals surface area (Å²) in [6.45, 7) is 4.15. The van der Waals surface area contributed by atoms with Crippen LogP contribution in [0.4, 0.5) is 5.69 Å². The molecule has 0 heterocycles. The second-order valence-corrected chi connectivity index (χ2v) is 3.87. The number of nitrogens with one attached hydrogen (secondary N) is 1. The summed E-state index contributed by atoms with van der Waals surface area (Å²) < 4.78 is 5.03. The summed E-state index contributed by atoms with van der Waals surface area (Å²) in [6, 6.07) is 5.34. The topological polar surface area (TPSA) is 58.6 Å². The lowest BCUT2D eigenvalue weighted by Crippen LogP contribution is -2.19. The van der Waals surface area contributed by atoms with Crippen molar-refractivity contribution in [3.8, 4) is 5.75 Å². The Labute approximate surface area is 102 Å². The van der Waals surface area contributed by atoms with Gasteiger partial charge in [0.25, 0.3) is 0 Å². The Balaban J connectivity index is 3.01.